The summed E-state index contributed by atoms with van der Waals surface area (Å²) in [4.78, 5) is 4.11. The van der Waals surface area contributed by atoms with Crippen LogP contribution in [-0.4, -0.2) is 5.96 Å². The van der Waals surface area contributed by atoms with Gasteiger partial charge in [0.2, 0.25) is 0 Å². The second-order valence-corrected chi connectivity index (χ2v) is 3.76. The van der Waals surface area contributed by atoms with Crippen LogP contribution in [0.2, 0.25) is 0 Å². The van der Waals surface area contributed by atoms with Gasteiger partial charge in [0.1, 0.15) is 5.82 Å². The summed E-state index contributed by atoms with van der Waals surface area (Å²) in [5.41, 5.74) is 11.8. The summed E-state index contributed by atoms with van der Waals surface area (Å²) in [6.45, 7) is 1.68. The van der Waals surface area contributed by atoms with E-state index in [1.165, 1.54) is 6.07 Å². The zero-order valence-corrected chi connectivity index (χ0v) is 8.87. The second-order valence-electron chi connectivity index (χ2n) is 3.76. The predicted molar refractivity (Wildman–Crippen MR) is 60.9 cm³/mol. The molecule has 0 radical (unpaired) electrons. The summed E-state index contributed by atoms with van der Waals surface area (Å²) in [6.07, 6.45) is 3.30. The van der Waals surface area contributed by atoms with Gasteiger partial charge < -0.3 is 11.1 Å². The highest BCUT2D eigenvalue weighted by molar-refractivity contribution is 5.80. The zero-order chi connectivity index (χ0) is 11.8. The third-order valence-electron chi connectivity index (χ3n) is 2.49. The Morgan fingerprint density at radius 2 is 2.19 bits per heavy atom. The average Bonchev–Trinajstić information content (AvgIpc) is 2.21. The molecule has 1 heterocycles. The third-order valence-corrected chi connectivity index (χ3v) is 2.49. The lowest BCUT2D eigenvalue weighted by atomic mass is 9.98. The molecule has 5 N–H and O–H groups in total. The molecule has 0 spiro atoms. The van der Waals surface area contributed by atoms with Gasteiger partial charge in [-0.1, -0.05) is 6.07 Å². The molecule has 1 aliphatic rings. The molecule has 0 bridgehead atoms. The van der Waals surface area contributed by atoms with Gasteiger partial charge in [-0.3, -0.25) is 5.73 Å². The summed E-state index contributed by atoms with van der Waals surface area (Å²) in [5, 5.41) is 2.73. The first-order chi connectivity index (χ1) is 7.51. The molecule has 4 nitrogen and oxygen atoms in total. The van der Waals surface area contributed by atoms with Gasteiger partial charge in [0.15, 0.2) is 11.6 Å². The molecule has 1 atom stereocenters. The van der Waals surface area contributed by atoms with Crippen molar-refractivity contribution in [3.05, 3.63) is 47.4 Å². The molecule has 16 heavy (non-hydrogen) atoms. The fourth-order valence-electron chi connectivity index (χ4n) is 1.58. The number of hydrogen-bond donors (Lipinski definition) is 3. The first kappa shape index (κ1) is 10.6. The quantitative estimate of drug-likeness (QED) is 0.651. The van der Waals surface area contributed by atoms with Crippen LogP contribution in [-0.2, 0) is 5.66 Å². The highest BCUT2D eigenvalue weighted by Crippen LogP contribution is 2.24. The molecule has 1 aromatic carbocycles. The number of nitrogens with zero attached hydrogens (tertiary/aromatic N) is 1. The van der Waals surface area contributed by atoms with Crippen LogP contribution in [0.5, 0.6) is 0 Å². The van der Waals surface area contributed by atoms with Crippen molar-refractivity contribution in [3.8, 4) is 0 Å². The SMILES string of the molecule is Cc1cc(C2(N)C=CNC(N)=N2)ccc1F. The van der Waals surface area contributed by atoms with Crippen molar-refractivity contribution in [2.24, 2.45) is 16.5 Å². The Bertz CT molecular complexity index is 481. The van der Waals surface area contributed by atoms with Gasteiger partial charge in [0, 0.05) is 6.20 Å². The first-order valence-electron chi connectivity index (χ1n) is 4.86. The van der Waals surface area contributed by atoms with Gasteiger partial charge in [-0.2, -0.15) is 0 Å². The topological polar surface area (TPSA) is 76.4 Å². The van der Waals surface area contributed by atoms with E-state index in [0.29, 0.717) is 11.1 Å². The maximum absolute atomic E-state index is 13.1. The Hall–Kier alpha value is -1.88. The summed E-state index contributed by atoms with van der Waals surface area (Å²) in [7, 11) is 0. The minimum absolute atomic E-state index is 0.243. The fourth-order valence-corrected chi connectivity index (χ4v) is 1.58. The fraction of sp³-hybridized carbons (Fsp3) is 0.182. The minimum Gasteiger partial charge on any atom is -0.370 e. The van der Waals surface area contributed by atoms with Crippen LogP contribution >= 0.6 is 0 Å². The molecular weight excluding hydrogens is 207 g/mol. The summed E-state index contributed by atoms with van der Waals surface area (Å²) in [6, 6.07) is 4.65. The van der Waals surface area contributed by atoms with Crippen LogP contribution in [0.4, 0.5) is 4.39 Å². The van der Waals surface area contributed by atoms with E-state index in [0.717, 1.165) is 0 Å². The highest BCUT2D eigenvalue weighted by Gasteiger charge is 2.26. The molecule has 0 aromatic heterocycles. The van der Waals surface area contributed by atoms with E-state index < -0.39 is 5.66 Å². The lowest BCUT2D eigenvalue weighted by Crippen LogP contribution is -2.42. The molecule has 84 valence electrons. The van der Waals surface area contributed by atoms with Gasteiger partial charge in [-0.05, 0) is 36.3 Å². The van der Waals surface area contributed by atoms with Gasteiger partial charge >= 0.3 is 0 Å². The molecule has 0 saturated carbocycles. The van der Waals surface area contributed by atoms with Crippen molar-refractivity contribution < 1.29 is 4.39 Å². The molecular formula is C11H13FN4. The molecule has 2 rings (SSSR count). The van der Waals surface area contributed by atoms with Gasteiger partial charge in [0.05, 0.1) is 0 Å². The van der Waals surface area contributed by atoms with E-state index in [4.69, 9.17) is 11.5 Å². The monoisotopic (exact) mass is 220 g/mol. The van der Waals surface area contributed by atoms with Crippen molar-refractivity contribution in [2.75, 3.05) is 0 Å². The summed E-state index contributed by atoms with van der Waals surface area (Å²) in [5.74, 6) is -0.0193. The van der Waals surface area contributed by atoms with Crippen molar-refractivity contribution in [1.29, 1.82) is 0 Å². The number of benzene rings is 1. The lowest BCUT2D eigenvalue weighted by Gasteiger charge is -2.25. The van der Waals surface area contributed by atoms with Crippen LogP contribution in [0.25, 0.3) is 0 Å². The van der Waals surface area contributed by atoms with Crippen molar-refractivity contribution >= 4 is 5.96 Å². The number of hydrogen-bond acceptors (Lipinski definition) is 4. The Kier molecular flexibility index (Phi) is 2.40. The summed E-state index contributed by atoms with van der Waals surface area (Å²) < 4.78 is 13.1. The molecule has 1 unspecified atom stereocenters. The second kappa shape index (κ2) is 3.61. The average molecular weight is 220 g/mol. The predicted octanol–water partition coefficient (Wildman–Crippen LogP) is 0.677. The number of nitrogens with one attached hydrogen (secondary N) is 1. The normalized spacial score (nSPS) is 23.8. The van der Waals surface area contributed by atoms with Gasteiger partial charge in [0.25, 0.3) is 0 Å². The maximum atomic E-state index is 13.1. The Morgan fingerprint density at radius 1 is 1.44 bits per heavy atom. The number of rotatable bonds is 1. The standard InChI is InChI=1S/C11H13FN4/c1-7-6-8(2-3-9(7)12)11(14)4-5-15-10(13)16-11/h2-6H,14H2,1H3,(H3,13,15,16). The maximum Gasteiger partial charge on any atom is 0.195 e. The Balaban J connectivity index is 2.47. The van der Waals surface area contributed by atoms with E-state index in [1.807, 2.05) is 0 Å². The number of aliphatic imine (C=N–C) groups is 1. The molecule has 5 heteroatoms. The van der Waals surface area contributed by atoms with E-state index in [9.17, 15) is 4.39 Å². The van der Waals surface area contributed by atoms with E-state index in [-0.39, 0.29) is 11.8 Å². The Labute approximate surface area is 92.9 Å². The molecule has 0 aliphatic carbocycles. The van der Waals surface area contributed by atoms with Crippen LogP contribution in [0.15, 0.2) is 35.5 Å². The van der Waals surface area contributed by atoms with E-state index in [2.05, 4.69) is 10.3 Å². The zero-order valence-electron chi connectivity index (χ0n) is 8.87. The van der Waals surface area contributed by atoms with Crippen LogP contribution < -0.4 is 16.8 Å². The van der Waals surface area contributed by atoms with Crippen LogP contribution in [0, 0.1) is 12.7 Å². The van der Waals surface area contributed by atoms with Crippen LogP contribution in [0.1, 0.15) is 11.1 Å². The first-order valence-corrected chi connectivity index (χ1v) is 4.86. The van der Waals surface area contributed by atoms with Crippen molar-refractivity contribution in [2.45, 2.75) is 12.6 Å². The third kappa shape index (κ3) is 1.77. The largest absolute Gasteiger partial charge is 0.370 e. The van der Waals surface area contributed by atoms with Crippen molar-refractivity contribution in [1.82, 2.24) is 5.32 Å². The molecule has 1 aromatic rings. The van der Waals surface area contributed by atoms with Gasteiger partial charge in [-0.25, -0.2) is 9.38 Å². The van der Waals surface area contributed by atoms with E-state index in [1.54, 1.807) is 31.3 Å². The summed E-state index contributed by atoms with van der Waals surface area (Å²) >= 11 is 0. The number of halogens is 1. The molecule has 1 aliphatic heterocycles. The lowest BCUT2D eigenvalue weighted by molar-refractivity contribution is 0.573. The minimum atomic E-state index is -1.02. The number of nitrogens with two attached hydrogens (primary N) is 2. The molecule has 0 fully saturated rings. The molecule has 0 saturated heterocycles. The van der Waals surface area contributed by atoms with Crippen LogP contribution in [0.3, 0.4) is 0 Å². The molecule has 0 amide bonds. The Morgan fingerprint density at radius 3 is 2.81 bits per heavy atom. The highest BCUT2D eigenvalue weighted by atomic mass is 19.1. The number of aryl methyl sites for hydroxylation is 1. The van der Waals surface area contributed by atoms with Gasteiger partial charge in [-0.15, -0.1) is 0 Å². The van der Waals surface area contributed by atoms with Crippen molar-refractivity contribution in [3.63, 3.8) is 0 Å². The van der Waals surface area contributed by atoms with E-state index >= 15 is 0 Å². The smallest absolute Gasteiger partial charge is 0.195 e. The number of guanidine groups is 1.